The van der Waals surface area contributed by atoms with Crippen molar-refractivity contribution in [2.75, 3.05) is 13.7 Å². The van der Waals surface area contributed by atoms with Gasteiger partial charge in [-0.1, -0.05) is 44.2 Å². The maximum Gasteiger partial charge on any atom is 0.346 e. The molecule has 0 aliphatic carbocycles. The Labute approximate surface area is 268 Å². The number of carbonyl (C=O) groups excluding carboxylic acids is 5. The van der Waals surface area contributed by atoms with Crippen LogP contribution in [0.1, 0.15) is 47.2 Å². The summed E-state index contributed by atoms with van der Waals surface area (Å²) in [5.74, 6) is -9.29. The minimum absolute atomic E-state index is 0.0890. The van der Waals surface area contributed by atoms with Gasteiger partial charge in [-0.3, -0.25) is 14.4 Å². The monoisotopic (exact) mass is 654 g/mol. The Bertz CT molecular complexity index is 1650. The Morgan fingerprint density at radius 1 is 1.04 bits per heavy atom. The first-order valence-corrected chi connectivity index (χ1v) is 14.5. The molecule has 1 fully saturated rings. The van der Waals surface area contributed by atoms with Crippen LogP contribution in [0.2, 0.25) is 0 Å². The van der Waals surface area contributed by atoms with E-state index in [2.05, 4.69) is 10.3 Å². The molecule has 1 aliphatic rings. The van der Waals surface area contributed by atoms with E-state index in [1.54, 1.807) is 44.2 Å². The number of hydrogen-bond acceptors (Lipinski definition) is 11. The largest absolute Gasteiger partial charge is 0.493 e. The zero-order chi connectivity index (χ0) is 34.2. The number of cyclic esters (lactones) is 2. The number of hydrogen-bond donors (Lipinski definition) is 1. The first-order valence-electron chi connectivity index (χ1n) is 14.5. The fraction of sp³-hybridized carbons (Fsp3) is 0.333. The number of amides is 1. The third kappa shape index (κ3) is 8.45. The summed E-state index contributed by atoms with van der Waals surface area (Å²) in [6.07, 6.45) is -1.14. The fourth-order valence-electron chi connectivity index (χ4n) is 4.63. The molecule has 4 unspecified atom stereocenters. The maximum atomic E-state index is 14.3. The molecule has 2 aromatic carbocycles. The maximum absolute atomic E-state index is 14.3. The van der Waals surface area contributed by atoms with Crippen LogP contribution in [0.4, 0.5) is 8.78 Å². The molecular weight excluding hydrogens is 622 g/mol. The van der Waals surface area contributed by atoms with Crippen molar-refractivity contribution in [3.63, 3.8) is 0 Å². The quantitative estimate of drug-likeness (QED) is 0.266. The number of nitrogens with one attached hydrogen (secondary N) is 1. The van der Waals surface area contributed by atoms with Gasteiger partial charge in [0.25, 0.3) is 5.91 Å². The molecule has 0 bridgehead atoms. The molecule has 0 saturated carbocycles. The standard InChI is InChI=1S/C33H32F2N2O10/c1-17(2)30(39)46-27-18(3)45-33(42)24(16-44-31(40)22(27)14-19-8-6-5-7-9-19)37-29(38)26-28(25(43-4)12-13-36-26)47-32(41)21-11-10-20(34)15-23(21)35/h5-13,15,17-18,22,24,27H,14,16H2,1-4H3,(H,37,38). The average Bonchev–Trinajstić information content (AvgIpc) is 3.07. The molecular formula is C33H32F2N2O10. The van der Waals surface area contributed by atoms with E-state index in [-0.39, 0.29) is 12.2 Å². The normalized spacial score (nSPS) is 19.7. The number of aromatic nitrogens is 1. The average molecular weight is 655 g/mol. The lowest BCUT2D eigenvalue weighted by molar-refractivity contribution is -0.176. The number of halogens is 2. The Morgan fingerprint density at radius 3 is 2.43 bits per heavy atom. The number of rotatable bonds is 9. The number of esters is 4. The Hall–Kier alpha value is -5.40. The topological polar surface area (TPSA) is 156 Å². The lowest BCUT2D eigenvalue weighted by Crippen LogP contribution is -2.47. The summed E-state index contributed by atoms with van der Waals surface area (Å²) in [5.41, 5.74) is -0.463. The summed E-state index contributed by atoms with van der Waals surface area (Å²) in [6, 6.07) is 10.7. The number of benzene rings is 2. The molecule has 4 atom stereocenters. The van der Waals surface area contributed by atoms with E-state index in [0.717, 1.165) is 23.9 Å². The van der Waals surface area contributed by atoms with Gasteiger partial charge < -0.3 is 29.0 Å². The first kappa shape index (κ1) is 34.5. The summed E-state index contributed by atoms with van der Waals surface area (Å²) >= 11 is 0. The molecule has 1 amide bonds. The summed E-state index contributed by atoms with van der Waals surface area (Å²) in [7, 11) is 1.21. The van der Waals surface area contributed by atoms with E-state index >= 15 is 0 Å². The van der Waals surface area contributed by atoms with Crippen LogP contribution in [0.3, 0.4) is 0 Å². The van der Waals surface area contributed by atoms with Gasteiger partial charge >= 0.3 is 23.9 Å². The van der Waals surface area contributed by atoms with Crippen molar-refractivity contribution in [3.8, 4) is 11.5 Å². The Morgan fingerprint density at radius 2 is 1.77 bits per heavy atom. The molecule has 3 aromatic rings. The zero-order valence-corrected chi connectivity index (χ0v) is 25.9. The number of pyridine rings is 1. The Balaban J connectivity index is 1.60. The molecule has 1 N–H and O–H groups in total. The van der Waals surface area contributed by atoms with Gasteiger partial charge in [-0.05, 0) is 31.0 Å². The molecule has 0 radical (unpaired) electrons. The molecule has 47 heavy (non-hydrogen) atoms. The van der Waals surface area contributed by atoms with Gasteiger partial charge in [0.05, 0.1) is 18.6 Å². The summed E-state index contributed by atoms with van der Waals surface area (Å²) in [6.45, 7) is 3.99. The van der Waals surface area contributed by atoms with Crippen LogP contribution in [-0.4, -0.2) is 66.7 Å². The van der Waals surface area contributed by atoms with Crippen molar-refractivity contribution in [2.45, 2.75) is 45.4 Å². The summed E-state index contributed by atoms with van der Waals surface area (Å²) < 4.78 is 54.8. The molecule has 4 rings (SSSR count). The molecule has 12 nitrogen and oxygen atoms in total. The molecule has 14 heteroatoms. The van der Waals surface area contributed by atoms with Gasteiger partial charge in [-0.2, -0.15) is 0 Å². The van der Waals surface area contributed by atoms with E-state index < -0.39 is 95.1 Å². The lowest BCUT2D eigenvalue weighted by atomic mass is 9.91. The van der Waals surface area contributed by atoms with Gasteiger partial charge in [-0.25, -0.2) is 23.4 Å². The van der Waals surface area contributed by atoms with Crippen molar-refractivity contribution in [2.24, 2.45) is 11.8 Å². The van der Waals surface area contributed by atoms with E-state index in [0.29, 0.717) is 6.07 Å². The van der Waals surface area contributed by atoms with Crippen molar-refractivity contribution in [1.29, 1.82) is 0 Å². The Kier molecular flexibility index (Phi) is 11.2. The van der Waals surface area contributed by atoms with E-state index in [4.69, 9.17) is 23.7 Å². The van der Waals surface area contributed by atoms with Crippen molar-refractivity contribution < 1.29 is 56.4 Å². The van der Waals surface area contributed by atoms with Crippen LogP contribution in [-0.2, 0) is 35.0 Å². The van der Waals surface area contributed by atoms with Crippen LogP contribution in [0.25, 0.3) is 0 Å². The second-order valence-corrected chi connectivity index (χ2v) is 10.9. The number of methoxy groups -OCH3 is 1. The zero-order valence-electron chi connectivity index (χ0n) is 25.9. The molecule has 1 aromatic heterocycles. The molecule has 1 saturated heterocycles. The molecule has 248 valence electrons. The minimum atomic E-state index is -1.59. The number of nitrogens with zero attached hydrogens (tertiary/aromatic N) is 1. The SMILES string of the molecule is COc1ccnc(C(=O)NC2COC(=O)C(Cc3ccccc3)C(OC(=O)C(C)C)C(C)OC2=O)c1OC(=O)c1ccc(F)cc1F. The molecule has 0 spiro atoms. The van der Waals surface area contributed by atoms with E-state index in [1.807, 2.05) is 0 Å². The van der Waals surface area contributed by atoms with Crippen LogP contribution in [0.15, 0.2) is 60.8 Å². The van der Waals surface area contributed by atoms with Crippen LogP contribution >= 0.6 is 0 Å². The summed E-state index contributed by atoms with van der Waals surface area (Å²) in [5, 5.41) is 2.35. The van der Waals surface area contributed by atoms with Gasteiger partial charge in [-0.15, -0.1) is 0 Å². The van der Waals surface area contributed by atoms with Crippen LogP contribution in [0.5, 0.6) is 11.5 Å². The smallest absolute Gasteiger partial charge is 0.346 e. The van der Waals surface area contributed by atoms with Crippen molar-refractivity contribution in [1.82, 2.24) is 10.3 Å². The fourth-order valence-corrected chi connectivity index (χ4v) is 4.63. The minimum Gasteiger partial charge on any atom is -0.493 e. The predicted molar refractivity (Wildman–Crippen MR) is 158 cm³/mol. The van der Waals surface area contributed by atoms with Gasteiger partial charge in [0.2, 0.25) is 5.75 Å². The van der Waals surface area contributed by atoms with Gasteiger partial charge in [0, 0.05) is 18.3 Å². The van der Waals surface area contributed by atoms with E-state index in [1.165, 1.54) is 20.1 Å². The highest BCUT2D eigenvalue weighted by atomic mass is 19.1. The highest BCUT2D eigenvalue weighted by Crippen LogP contribution is 2.31. The summed E-state index contributed by atoms with van der Waals surface area (Å²) in [4.78, 5) is 69.5. The predicted octanol–water partition coefficient (Wildman–Crippen LogP) is 3.60. The van der Waals surface area contributed by atoms with E-state index in [9.17, 15) is 32.8 Å². The van der Waals surface area contributed by atoms with Crippen molar-refractivity contribution in [3.05, 3.63) is 89.2 Å². The highest BCUT2D eigenvalue weighted by molar-refractivity contribution is 6.00. The van der Waals surface area contributed by atoms with Crippen LogP contribution in [0, 0.1) is 23.5 Å². The van der Waals surface area contributed by atoms with Gasteiger partial charge in [0.15, 0.2) is 23.6 Å². The third-order valence-electron chi connectivity index (χ3n) is 7.12. The number of ether oxygens (including phenoxy) is 5. The highest BCUT2D eigenvalue weighted by Gasteiger charge is 2.42. The lowest BCUT2D eigenvalue weighted by Gasteiger charge is -2.29. The van der Waals surface area contributed by atoms with Crippen molar-refractivity contribution >= 4 is 29.8 Å². The second kappa shape index (κ2) is 15.3. The van der Waals surface area contributed by atoms with Gasteiger partial charge in [0.1, 0.15) is 30.3 Å². The third-order valence-corrected chi connectivity index (χ3v) is 7.12. The first-order chi connectivity index (χ1) is 22.4. The second-order valence-electron chi connectivity index (χ2n) is 10.9. The number of carbonyl (C=O) groups is 5. The van der Waals surface area contributed by atoms with Crippen LogP contribution < -0.4 is 14.8 Å². The molecule has 1 aliphatic heterocycles. The molecule has 2 heterocycles.